The number of carboxylic acid groups (broad SMARTS) is 1. The lowest BCUT2D eigenvalue weighted by Crippen LogP contribution is -2.12. The van der Waals surface area contributed by atoms with E-state index in [2.05, 4.69) is 19.1 Å². The normalized spacial score (nSPS) is 20.4. The fourth-order valence-electron chi connectivity index (χ4n) is 4.90. The van der Waals surface area contributed by atoms with E-state index < -0.39 is 5.97 Å². The first-order chi connectivity index (χ1) is 15.2. The van der Waals surface area contributed by atoms with Gasteiger partial charge in [-0.05, 0) is 67.5 Å². The van der Waals surface area contributed by atoms with Crippen LogP contribution in [-0.4, -0.2) is 16.8 Å². The Kier molecular flexibility index (Phi) is 7.06. The second-order valence-electron chi connectivity index (χ2n) is 8.82. The van der Waals surface area contributed by atoms with E-state index >= 15 is 0 Å². The molecule has 0 spiro atoms. The van der Waals surface area contributed by atoms with Crippen LogP contribution in [-0.2, 0) is 0 Å². The van der Waals surface area contributed by atoms with Crippen LogP contribution in [0, 0.1) is 5.92 Å². The van der Waals surface area contributed by atoms with Crippen LogP contribution < -0.4 is 0 Å². The molecule has 1 unspecified atom stereocenters. The fourth-order valence-corrected chi connectivity index (χ4v) is 4.90. The van der Waals surface area contributed by atoms with E-state index in [-0.39, 0.29) is 5.76 Å². The topological polar surface area (TPSA) is 62.8 Å². The van der Waals surface area contributed by atoms with Crippen LogP contribution in [0.5, 0.6) is 0 Å². The number of nitrogens with zero attached hydrogens (tertiary/aromatic N) is 1. The van der Waals surface area contributed by atoms with Crippen molar-refractivity contribution in [1.82, 2.24) is 0 Å². The molecule has 2 aliphatic carbocycles. The van der Waals surface area contributed by atoms with E-state index in [1.165, 1.54) is 80.7 Å². The van der Waals surface area contributed by atoms with Gasteiger partial charge in [-0.3, -0.25) is 4.99 Å². The molecule has 4 heteroatoms. The van der Waals surface area contributed by atoms with Gasteiger partial charge in [0.1, 0.15) is 5.76 Å². The van der Waals surface area contributed by atoms with Crippen molar-refractivity contribution in [3.8, 4) is 0 Å². The number of carbonyl (C=O) groups is 1. The van der Waals surface area contributed by atoms with E-state index in [0.717, 1.165) is 24.1 Å². The third kappa shape index (κ3) is 5.00. The predicted molar refractivity (Wildman–Crippen MR) is 125 cm³/mol. The molecular weight excluding hydrogens is 386 g/mol. The lowest BCUT2D eigenvalue weighted by atomic mass is 9.80. The van der Waals surface area contributed by atoms with Crippen molar-refractivity contribution in [2.24, 2.45) is 10.9 Å². The summed E-state index contributed by atoms with van der Waals surface area (Å²) in [5, 5.41) is 9.05. The predicted octanol–water partition coefficient (Wildman–Crippen LogP) is 7.51. The number of hydrogen-bond donors (Lipinski definition) is 1. The van der Waals surface area contributed by atoms with Crippen LogP contribution in [0.15, 0.2) is 62.2 Å². The van der Waals surface area contributed by atoms with Crippen molar-refractivity contribution >= 4 is 17.8 Å². The summed E-state index contributed by atoms with van der Waals surface area (Å²) >= 11 is 0. The number of carboxylic acids is 1. The Hall–Kier alpha value is -2.62. The van der Waals surface area contributed by atoms with Crippen LogP contribution in [0.2, 0.25) is 0 Å². The minimum Gasteiger partial charge on any atom is -0.475 e. The van der Waals surface area contributed by atoms with Crippen LogP contribution in [0.25, 0.3) is 6.08 Å². The zero-order chi connectivity index (χ0) is 21.6. The van der Waals surface area contributed by atoms with Crippen molar-refractivity contribution in [2.45, 2.75) is 77.6 Å². The highest BCUT2D eigenvalue weighted by Crippen LogP contribution is 2.44. The highest BCUT2D eigenvalue weighted by molar-refractivity contribution is 6.06. The molecule has 1 atom stereocenters. The maximum absolute atomic E-state index is 11.0. The SMILES string of the molecule is CCCCCCCCC1C=CC(/C=C\c2ccc(C(=O)O)o2)=C2N=C3CCCCC3=C21. The van der Waals surface area contributed by atoms with Gasteiger partial charge in [0.25, 0.3) is 0 Å². The molecule has 3 aliphatic rings. The Balaban J connectivity index is 1.51. The van der Waals surface area contributed by atoms with Gasteiger partial charge in [-0.25, -0.2) is 4.79 Å². The third-order valence-electron chi connectivity index (χ3n) is 6.55. The van der Waals surface area contributed by atoms with Crippen molar-refractivity contribution in [3.63, 3.8) is 0 Å². The lowest BCUT2D eigenvalue weighted by molar-refractivity contribution is 0.0662. The zero-order valence-electron chi connectivity index (χ0n) is 18.5. The molecule has 0 aromatic carbocycles. The van der Waals surface area contributed by atoms with Crippen LogP contribution in [0.4, 0.5) is 0 Å². The van der Waals surface area contributed by atoms with Gasteiger partial charge in [-0.1, -0.05) is 57.6 Å². The van der Waals surface area contributed by atoms with Crippen molar-refractivity contribution in [3.05, 3.63) is 64.3 Å². The quantitative estimate of drug-likeness (QED) is 0.399. The Morgan fingerprint density at radius 1 is 1.13 bits per heavy atom. The molecule has 4 rings (SSSR count). The minimum atomic E-state index is -1.05. The zero-order valence-corrected chi connectivity index (χ0v) is 18.5. The van der Waals surface area contributed by atoms with Crippen LogP contribution in [0.3, 0.4) is 0 Å². The van der Waals surface area contributed by atoms with Gasteiger partial charge < -0.3 is 9.52 Å². The smallest absolute Gasteiger partial charge is 0.371 e. The average Bonchev–Trinajstić information content (AvgIpc) is 3.40. The largest absolute Gasteiger partial charge is 0.475 e. The fraction of sp³-hybridized carbons (Fsp3) is 0.481. The molecule has 1 saturated carbocycles. The molecular formula is C27H33NO3. The number of aromatic carboxylic acids is 1. The van der Waals surface area contributed by atoms with Crippen molar-refractivity contribution < 1.29 is 14.3 Å². The highest BCUT2D eigenvalue weighted by Gasteiger charge is 2.32. The van der Waals surface area contributed by atoms with Crippen molar-refractivity contribution in [1.29, 1.82) is 0 Å². The summed E-state index contributed by atoms with van der Waals surface area (Å²) in [5.41, 5.74) is 6.48. The molecule has 0 radical (unpaired) electrons. The van der Waals surface area contributed by atoms with Crippen LogP contribution >= 0.6 is 0 Å². The molecule has 4 nitrogen and oxygen atoms in total. The van der Waals surface area contributed by atoms with Gasteiger partial charge in [0.2, 0.25) is 5.76 Å². The highest BCUT2D eigenvalue weighted by atomic mass is 16.4. The van der Waals surface area contributed by atoms with E-state index in [4.69, 9.17) is 14.5 Å². The van der Waals surface area contributed by atoms with E-state index in [1.54, 1.807) is 6.07 Å². The molecule has 0 saturated heterocycles. The molecule has 1 aromatic heterocycles. The van der Waals surface area contributed by atoms with E-state index in [9.17, 15) is 4.79 Å². The number of furan rings is 1. The maximum atomic E-state index is 11.0. The summed E-state index contributed by atoms with van der Waals surface area (Å²) in [4.78, 5) is 16.1. The molecule has 1 aliphatic heterocycles. The molecule has 31 heavy (non-hydrogen) atoms. The monoisotopic (exact) mass is 419 g/mol. The Bertz CT molecular complexity index is 970. The first-order valence-electron chi connectivity index (χ1n) is 11.9. The lowest BCUT2D eigenvalue weighted by Gasteiger charge is -2.23. The van der Waals surface area contributed by atoms with Gasteiger partial charge >= 0.3 is 5.97 Å². The van der Waals surface area contributed by atoms with Gasteiger partial charge in [0.15, 0.2) is 0 Å². The molecule has 0 bridgehead atoms. The first-order valence-corrected chi connectivity index (χ1v) is 11.9. The second-order valence-corrected chi connectivity index (χ2v) is 8.82. The number of aliphatic imine (C=N–C) groups is 1. The molecule has 2 heterocycles. The van der Waals surface area contributed by atoms with Crippen molar-refractivity contribution in [2.75, 3.05) is 0 Å². The Morgan fingerprint density at radius 2 is 1.94 bits per heavy atom. The minimum absolute atomic E-state index is 0.0366. The number of allylic oxidation sites excluding steroid dienone is 6. The number of fused-ring (bicyclic) bond motifs is 2. The number of hydrogen-bond acceptors (Lipinski definition) is 3. The third-order valence-corrected chi connectivity index (χ3v) is 6.55. The van der Waals surface area contributed by atoms with Gasteiger partial charge in [0.05, 0.1) is 5.70 Å². The summed E-state index contributed by atoms with van der Waals surface area (Å²) in [6.07, 6.45) is 22.3. The average molecular weight is 420 g/mol. The molecule has 1 aromatic rings. The number of rotatable bonds is 10. The standard InChI is InChI=1S/C27H33NO3/c1-2-3-4-5-6-7-10-19-13-14-20(15-16-21-17-18-24(31-21)27(29)30)26-25(19)22-11-8-9-12-23(22)28-26/h13-19H,2-12H2,1H3,(H,29,30)/b16-15-. The maximum Gasteiger partial charge on any atom is 0.371 e. The molecule has 0 amide bonds. The molecule has 1 N–H and O–H groups in total. The molecule has 1 fully saturated rings. The summed E-state index contributed by atoms with van der Waals surface area (Å²) in [6.45, 7) is 2.26. The first kappa shape index (κ1) is 21.6. The summed E-state index contributed by atoms with van der Waals surface area (Å²) in [5.74, 6) is -0.0687. The van der Waals surface area contributed by atoms with E-state index in [0.29, 0.717) is 11.7 Å². The van der Waals surface area contributed by atoms with Crippen LogP contribution in [0.1, 0.15) is 93.9 Å². The molecule has 164 valence electrons. The Labute approximate surface area is 185 Å². The summed E-state index contributed by atoms with van der Waals surface area (Å²) in [7, 11) is 0. The second kappa shape index (κ2) is 10.1. The Morgan fingerprint density at radius 3 is 2.74 bits per heavy atom. The summed E-state index contributed by atoms with van der Waals surface area (Å²) < 4.78 is 5.38. The van der Waals surface area contributed by atoms with Gasteiger partial charge in [-0.15, -0.1) is 0 Å². The summed E-state index contributed by atoms with van der Waals surface area (Å²) in [6, 6.07) is 3.18. The number of unbranched alkanes of at least 4 members (excludes halogenated alkanes) is 5. The van der Waals surface area contributed by atoms with E-state index in [1.807, 2.05) is 12.2 Å². The van der Waals surface area contributed by atoms with Gasteiger partial charge in [0, 0.05) is 17.2 Å². The van der Waals surface area contributed by atoms with Gasteiger partial charge in [-0.2, -0.15) is 0 Å².